The maximum Gasteiger partial charge on any atom is 0.246 e. The number of rotatable bonds is 6. The van der Waals surface area contributed by atoms with Crippen LogP contribution in [0.25, 0.3) is 11.0 Å². The van der Waals surface area contributed by atoms with Gasteiger partial charge in [-0.2, -0.15) is 0 Å². The van der Waals surface area contributed by atoms with Crippen molar-refractivity contribution in [3.63, 3.8) is 0 Å². The molecule has 0 unspecified atom stereocenters. The Hall–Kier alpha value is -2.07. The van der Waals surface area contributed by atoms with Crippen molar-refractivity contribution in [3.05, 3.63) is 48.2 Å². The first-order valence-corrected chi connectivity index (χ1v) is 9.33. The van der Waals surface area contributed by atoms with E-state index in [9.17, 15) is 4.79 Å². The summed E-state index contributed by atoms with van der Waals surface area (Å²) in [5.41, 5.74) is 1.95. The maximum absolute atomic E-state index is 11.4. The summed E-state index contributed by atoms with van der Waals surface area (Å²) in [7, 11) is 1.73. The van der Waals surface area contributed by atoms with Crippen LogP contribution in [0.15, 0.2) is 41.3 Å². The van der Waals surface area contributed by atoms with Gasteiger partial charge < -0.3 is 9.32 Å². The van der Waals surface area contributed by atoms with Crippen molar-refractivity contribution in [2.24, 2.45) is 0 Å². The molecule has 2 aromatic rings. The van der Waals surface area contributed by atoms with E-state index in [1.165, 1.54) is 6.08 Å². The fraction of sp³-hybridized carbons (Fsp3) is 0.500. The molecule has 1 heterocycles. The van der Waals surface area contributed by atoms with Crippen molar-refractivity contribution in [2.75, 3.05) is 13.6 Å². The zero-order valence-corrected chi connectivity index (χ0v) is 17.4. The van der Waals surface area contributed by atoms with Gasteiger partial charge in [0, 0.05) is 30.1 Å². The molecule has 0 fully saturated rings. The molecule has 2 rings (SSSR count). The zero-order chi connectivity index (χ0) is 19.9. The predicted octanol–water partition coefficient (Wildman–Crippen LogP) is 5.01. The minimum absolute atomic E-state index is 0.107. The molecule has 0 atom stereocenters. The molecule has 0 aliphatic carbocycles. The van der Waals surface area contributed by atoms with E-state index in [1.54, 1.807) is 11.9 Å². The number of hydrogen-bond acceptors (Lipinski definition) is 3. The summed E-state index contributed by atoms with van der Waals surface area (Å²) in [4.78, 5) is 15.4. The van der Waals surface area contributed by atoms with Gasteiger partial charge in [-0.05, 0) is 53.3 Å². The van der Waals surface area contributed by atoms with Crippen LogP contribution in [0.1, 0.15) is 45.9 Å². The SMILES string of the molecule is C=CC(=O)N(C)Cc1oc2ccccc2c1C.CCN(C(C)C)C(C)C. The lowest BCUT2D eigenvalue weighted by molar-refractivity contribution is -0.125. The highest BCUT2D eigenvalue weighted by atomic mass is 16.3. The first-order chi connectivity index (χ1) is 12.2. The highest BCUT2D eigenvalue weighted by Gasteiger charge is 2.13. The number of para-hydroxylation sites is 1. The highest BCUT2D eigenvalue weighted by Crippen LogP contribution is 2.25. The number of fused-ring (bicyclic) bond motifs is 1. The Morgan fingerprint density at radius 3 is 2.19 bits per heavy atom. The number of furan rings is 1. The number of carbonyl (C=O) groups is 1. The van der Waals surface area contributed by atoms with Gasteiger partial charge in [-0.1, -0.05) is 31.7 Å². The number of amides is 1. The molecule has 1 aromatic heterocycles. The Morgan fingerprint density at radius 1 is 1.19 bits per heavy atom. The van der Waals surface area contributed by atoms with Gasteiger partial charge in [-0.15, -0.1) is 0 Å². The second kappa shape index (κ2) is 10.2. The molecule has 0 radical (unpaired) electrons. The minimum atomic E-state index is -0.107. The van der Waals surface area contributed by atoms with Crippen LogP contribution in [0.3, 0.4) is 0 Å². The fourth-order valence-electron chi connectivity index (χ4n) is 3.15. The van der Waals surface area contributed by atoms with E-state index >= 15 is 0 Å². The molecular weight excluding hydrogens is 324 g/mol. The van der Waals surface area contributed by atoms with Crippen LogP contribution in [0, 0.1) is 6.92 Å². The summed E-state index contributed by atoms with van der Waals surface area (Å²) in [6, 6.07) is 9.25. The fourth-order valence-corrected chi connectivity index (χ4v) is 3.15. The summed E-state index contributed by atoms with van der Waals surface area (Å²) in [6.45, 7) is 18.3. The Morgan fingerprint density at radius 2 is 1.77 bits per heavy atom. The summed E-state index contributed by atoms with van der Waals surface area (Å²) in [5.74, 6) is 0.716. The van der Waals surface area contributed by atoms with Gasteiger partial charge in [-0.25, -0.2) is 0 Å². The van der Waals surface area contributed by atoms with Crippen LogP contribution in [-0.4, -0.2) is 41.4 Å². The molecule has 0 aliphatic rings. The third-order valence-electron chi connectivity index (χ3n) is 4.57. The molecule has 144 valence electrons. The normalized spacial score (nSPS) is 11.0. The molecule has 1 amide bonds. The average Bonchev–Trinajstić information content (AvgIpc) is 2.90. The Bertz CT molecular complexity index is 708. The summed E-state index contributed by atoms with van der Waals surface area (Å²) in [6.07, 6.45) is 1.30. The van der Waals surface area contributed by atoms with Crippen LogP contribution in [0.5, 0.6) is 0 Å². The molecule has 0 bridgehead atoms. The van der Waals surface area contributed by atoms with E-state index in [1.807, 2.05) is 31.2 Å². The Labute approximate surface area is 158 Å². The van der Waals surface area contributed by atoms with E-state index in [0.29, 0.717) is 18.6 Å². The van der Waals surface area contributed by atoms with Crippen LogP contribution in [0.2, 0.25) is 0 Å². The molecule has 26 heavy (non-hydrogen) atoms. The summed E-state index contributed by atoms with van der Waals surface area (Å²) in [5, 5.41) is 1.10. The number of aryl methyl sites for hydroxylation is 1. The van der Waals surface area contributed by atoms with Gasteiger partial charge in [0.05, 0.1) is 6.54 Å². The van der Waals surface area contributed by atoms with E-state index in [4.69, 9.17) is 4.42 Å². The summed E-state index contributed by atoms with van der Waals surface area (Å²) < 4.78 is 5.74. The third-order valence-corrected chi connectivity index (χ3v) is 4.57. The maximum atomic E-state index is 11.4. The number of nitrogens with zero attached hydrogens (tertiary/aromatic N) is 2. The second-order valence-electron chi connectivity index (χ2n) is 7.06. The number of benzene rings is 1. The van der Waals surface area contributed by atoms with Crippen molar-refractivity contribution in [1.82, 2.24) is 9.80 Å². The van der Waals surface area contributed by atoms with E-state index in [-0.39, 0.29) is 5.91 Å². The first-order valence-electron chi connectivity index (χ1n) is 9.33. The summed E-state index contributed by atoms with van der Waals surface area (Å²) >= 11 is 0. The van der Waals surface area contributed by atoms with Crippen molar-refractivity contribution in [2.45, 2.75) is 60.2 Å². The van der Waals surface area contributed by atoms with E-state index in [0.717, 1.165) is 28.8 Å². The second-order valence-corrected chi connectivity index (χ2v) is 7.06. The zero-order valence-electron chi connectivity index (χ0n) is 17.4. The van der Waals surface area contributed by atoms with Gasteiger partial charge in [-0.3, -0.25) is 9.69 Å². The van der Waals surface area contributed by atoms with Crippen molar-refractivity contribution >= 4 is 16.9 Å². The molecule has 0 spiro atoms. The lowest BCUT2D eigenvalue weighted by Gasteiger charge is -2.28. The van der Waals surface area contributed by atoms with Crippen molar-refractivity contribution < 1.29 is 9.21 Å². The van der Waals surface area contributed by atoms with Gasteiger partial charge >= 0.3 is 0 Å². The quantitative estimate of drug-likeness (QED) is 0.681. The third kappa shape index (κ3) is 5.73. The van der Waals surface area contributed by atoms with E-state index in [2.05, 4.69) is 46.1 Å². The lowest BCUT2D eigenvalue weighted by atomic mass is 10.1. The van der Waals surface area contributed by atoms with Gasteiger partial charge in [0.15, 0.2) is 0 Å². The Balaban J connectivity index is 0.000000321. The van der Waals surface area contributed by atoms with Crippen LogP contribution in [-0.2, 0) is 11.3 Å². The van der Waals surface area contributed by atoms with Crippen molar-refractivity contribution in [3.8, 4) is 0 Å². The topological polar surface area (TPSA) is 36.7 Å². The largest absolute Gasteiger partial charge is 0.459 e. The molecule has 0 N–H and O–H groups in total. The molecular formula is C22H34N2O2. The first kappa shape index (κ1) is 22.0. The molecule has 0 saturated carbocycles. The highest BCUT2D eigenvalue weighted by molar-refractivity contribution is 5.87. The minimum Gasteiger partial charge on any atom is -0.459 e. The molecule has 0 aliphatic heterocycles. The standard InChI is InChI=1S/C14H15NO2.C8H19N/c1-4-14(16)15(3)9-13-10(2)11-7-5-6-8-12(11)17-13;1-6-9(7(2)3)8(4)5/h4-8H,1,9H2,2-3H3;7-8H,6H2,1-5H3. The van der Waals surface area contributed by atoms with Crippen LogP contribution in [0.4, 0.5) is 0 Å². The molecule has 4 nitrogen and oxygen atoms in total. The lowest BCUT2D eigenvalue weighted by Crippen LogP contribution is -2.36. The monoisotopic (exact) mass is 358 g/mol. The molecule has 0 saturated heterocycles. The van der Waals surface area contributed by atoms with Crippen molar-refractivity contribution in [1.29, 1.82) is 0 Å². The number of hydrogen-bond donors (Lipinski definition) is 0. The van der Waals surface area contributed by atoms with Crippen LogP contribution < -0.4 is 0 Å². The van der Waals surface area contributed by atoms with Gasteiger partial charge in [0.2, 0.25) is 5.91 Å². The molecule has 1 aromatic carbocycles. The molecule has 4 heteroatoms. The van der Waals surface area contributed by atoms with E-state index < -0.39 is 0 Å². The number of carbonyl (C=O) groups excluding carboxylic acids is 1. The van der Waals surface area contributed by atoms with Gasteiger partial charge in [0.1, 0.15) is 11.3 Å². The average molecular weight is 359 g/mol. The van der Waals surface area contributed by atoms with Gasteiger partial charge in [0.25, 0.3) is 0 Å². The number of likely N-dealkylation sites (N-methyl/N-ethyl adjacent to an activating group) is 1. The predicted molar refractivity (Wildman–Crippen MR) is 110 cm³/mol. The smallest absolute Gasteiger partial charge is 0.246 e. The Kier molecular flexibility index (Phi) is 8.59. The van der Waals surface area contributed by atoms with Crippen LogP contribution >= 0.6 is 0 Å².